The Morgan fingerprint density at radius 3 is 1.89 bits per heavy atom. The number of rotatable bonds is 4. The number of hydrogen-bond acceptors (Lipinski definition) is 4. The summed E-state index contributed by atoms with van der Waals surface area (Å²) in [6.45, 7) is 1.12. The molecule has 3 aromatic heterocycles. The Kier molecular flexibility index (Phi) is 6.32. The molecule has 218 valence electrons. The Morgan fingerprint density at radius 1 is 0.435 bits per heavy atom. The molecule has 0 spiro atoms. The largest absolute Gasteiger partial charge is 0.456 e. The van der Waals surface area contributed by atoms with Crippen LogP contribution in [0.2, 0.25) is 0 Å². The van der Waals surface area contributed by atoms with Crippen molar-refractivity contribution >= 4 is 21.9 Å². The Hall–Kier alpha value is -5.84. The molecular formula is C42H28N2O2. The minimum Gasteiger partial charge on any atom is -0.456 e. The topological polar surface area (TPSA) is 48.2 Å². The molecule has 0 unspecified atom stereocenters. The molecule has 0 saturated heterocycles. The average molecular weight is 593 g/mol. The Bertz CT molecular complexity index is 2340. The van der Waals surface area contributed by atoms with Crippen molar-refractivity contribution in [3.63, 3.8) is 0 Å². The lowest BCUT2D eigenvalue weighted by Crippen LogP contribution is -1.92. The molecule has 4 heterocycles. The van der Waals surface area contributed by atoms with Crippen LogP contribution in [0, 0.1) is 0 Å². The van der Waals surface area contributed by atoms with Crippen molar-refractivity contribution in [2.45, 2.75) is 13.2 Å². The number of aromatic nitrogens is 2. The van der Waals surface area contributed by atoms with E-state index in [4.69, 9.17) is 9.15 Å². The fourth-order valence-electron chi connectivity index (χ4n) is 6.76. The van der Waals surface area contributed by atoms with E-state index in [0.717, 1.165) is 60.9 Å². The molecule has 8 aromatic rings. The standard InChI is InChI=1S/C42H28N2O2/c1-2-10-40-38(8-1)42-37(9-3-11-41(42)46-40)28-14-15-36-35(18-28)26-45-25-31-13-12-27(22-39(31)36)32-19-33(29-6-4-16-43-23-29)21-34(20-32)30-7-5-17-44-24-30/h1-24H,25-26H2. The average Bonchev–Trinajstić information content (AvgIpc) is 3.41. The van der Waals surface area contributed by atoms with Crippen LogP contribution in [0.15, 0.2) is 151 Å². The fraction of sp³-hybridized carbons (Fsp3) is 0.0476. The highest BCUT2D eigenvalue weighted by Gasteiger charge is 2.19. The minimum absolute atomic E-state index is 0.553. The summed E-state index contributed by atoms with van der Waals surface area (Å²) in [7, 11) is 0. The third-order valence-corrected chi connectivity index (χ3v) is 8.99. The van der Waals surface area contributed by atoms with Gasteiger partial charge in [-0.15, -0.1) is 0 Å². The van der Waals surface area contributed by atoms with Crippen molar-refractivity contribution in [3.8, 4) is 55.6 Å². The SMILES string of the molecule is c1cncc(-c2cc(-c3cccnc3)cc(-c3ccc4c(c3)-c3ccc(-c5cccc6oc7ccccc7c56)cc3COC4)c2)c1. The van der Waals surface area contributed by atoms with Gasteiger partial charge < -0.3 is 9.15 Å². The van der Waals surface area contributed by atoms with E-state index in [1.807, 2.05) is 55.1 Å². The molecule has 0 bridgehead atoms. The van der Waals surface area contributed by atoms with Crippen LogP contribution in [0.5, 0.6) is 0 Å². The zero-order valence-corrected chi connectivity index (χ0v) is 25.0. The highest BCUT2D eigenvalue weighted by molar-refractivity contribution is 6.12. The third-order valence-electron chi connectivity index (χ3n) is 8.99. The van der Waals surface area contributed by atoms with E-state index in [9.17, 15) is 0 Å². The van der Waals surface area contributed by atoms with E-state index in [-0.39, 0.29) is 0 Å². The van der Waals surface area contributed by atoms with Crippen LogP contribution in [0.25, 0.3) is 77.6 Å². The first-order valence-electron chi connectivity index (χ1n) is 15.5. The van der Waals surface area contributed by atoms with Gasteiger partial charge in [-0.05, 0) is 110 Å². The van der Waals surface area contributed by atoms with Gasteiger partial charge in [0.05, 0.1) is 13.2 Å². The lowest BCUT2D eigenvalue weighted by atomic mass is 9.89. The maximum atomic E-state index is 6.25. The number of furan rings is 1. The number of pyridine rings is 2. The number of para-hydroxylation sites is 1. The van der Waals surface area contributed by atoms with Gasteiger partial charge in [0.15, 0.2) is 0 Å². The number of nitrogens with zero attached hydrogens (tertiary/aromatic N) is 2. The molecule has 46 heavy (non-hydrogen) atoms. The summed E-state index contributed by atoms with van der Waals surface area (Å²) in [5, 5.41) is 2.28. The molecule has 4 nitrogen and oxygen atoms in total. The van der Waals surface area contributed by atoms with Crippen LogP contribution in [0.1, 0.15) is 11.1 Å². The van der Waals surface area contributed by atoms with Crippen LogP contribution in [0.3, 0.4) is 0 Å². The quantitative estimate of drug-likeness (QED) is 0.204. The summed E-state index contributed by atoms with van der Waals surface area (Å²) in [5.74, 6) is 0. The molecule has 0 atom stereocenters. The minimum atomic E-state index is 0.553. The van der Waals surface area contributed by atoms with Gasteiger partial charge in [0, 0.05) is 46.7 Å². The Balaban J connectivity index is 1.17. The molecule has 0 saturated carbocycles. The Morgan fingerprint density at radius 2 is 1.13 bits per heavy atom. The fourth-order valence-corrected chi connectivity index (χ4v) is 6.76. The van der Waals surface area contributed by atoms with E-state index in [0.29, 0.717) is 13.2 Å². The van der Waals surface area contributed by atoms with Gasteiger partial charge in [-0.2, -0.15) is 0 Å². The highest BCUT2D eigenvalue weighted by Crippen LogP contribution is 2.41. The molecule has 0 aliphatic carbocycles. The highest BCUT2D eigenvalue weighted by atomic mass is 16.5. The van der Waals surface area contributed by atoms with E-state index in [1.54, 1.807) is 0 Å². The van der Waals surface area contributed by atoms with Gasteiger partial charge in [0.2, 0.25) is 0 Å². The summed E-state index contributed by atoms with van der Waals surface area (Å²) >= 11 is 0. The zero-order chi connectivity index (χ0) is 30.5. The molecule has 5 aromatic carbocycles. The van der Waals surface area contributed by atoms with Gasteiger partial charge in [-0.1, -0.05) is 66.7 Å². The maximum absolute atomic E-state index is 6.25. The van der Waals surface area contributed by atoms with Gasteiger partial charge in [0.25, 0.3) is 0 Å². The second-order valence-corrected chi connectivity index (χ2v) is 11.8. The molecular weight excluding hydrogens is 564 g/mol. The summed E-state index contributed by atoms with van der Waals surface area (Å²) in [6.07, 6.45) is 7.46. The zero-order valence-electron chi connectivity index (χ0n) is 25.0. The van der Waals surface area contributed by atoms with Gasteiger partial charge in [-0.25, -0.2) is 0 Å². The molecule has 9 rings (SSSR count). The lowest BCUT2D eigenvalue weighted by Gasteiger charge is -2.15. The van der Waals surface area contributed by atoms with Crippen molar-refractivity contribution in [1.29, 1.82) is 0 Å². The van der Waals surface area contributed by atoms with Crippen LogP contribution < -0.4 is 0 Å². The summed E-state index contributed by atoms with van der Waals surface area (Å²) in [5.41, 5.74) is 15.6. The van der Waals surface area contributed by atoms with Gasteiger partial charge in [-0.3, -0.25) is 9.97 Å². The second-order valence-electron chi connectivity index (χ2n) is 11.8. The Labute approximate surface area is 266 Å². The molecule has 0 fully saturated rings. The maximum Gasteiger partial charge on any atom is 0.136 e. The summed E-state index contributed by atoms with van der Waals surface area (Å²) < 4.78 is 12.4. The number of benzene rings is 5. The van der Waals surface area contributed by atoms with Crippen LogP contribution in [0.4, 0.5) is 0 Å². The van der Waals surface area contributed by atoms with Gasteiger partial charge in [0.1, 0.15) is 11.2 Å². The first-order valence-corrected chi connectivity index (χ1v) is 15.5. The van der Waals surface area contributed by atoms with Crippen LogP contribution in [-0.2, 0) is 18.0 Å². The van der Waals surface area contributed by atoms with Crippen molar-refractivity contribution in [1.82, 2.24) is 9.97 Å². The van der Waals surface area contributed by atoms with Crippen molar-refractivity contribution in [2.75, 3.05) is 0 Å². The third kappa shape index (κ3) is 4.59. The molecule has 4 heteroatoms. The van der Waals surface area contributed by atoms with E-state index < -0.39 is 0 Å². The molecule has 0 radical (unpaired) electrons. The summed E-state index contributed by atoms with van der Waals surface area (Å²) in [6, 6.07) is 43.0. The number of ether oxygens (including phenoxy) is 1. The molecule has 0 N–H and O–H groups in total. The van der Waals surface area contributed by atoms with Crippen molar-refractivity contribution < 1.29 is 9.15 Å². The molecule has 0 amide bonds. The van der Waals surface area contributed by atoms with Crippen molar-refractivity contribution in [2.24, 2.45) is 0 Å². The predicted molar refractivity (Wildman–Crippen MR) is 185 cm³/mol. The summed E-state index contributed by atoms with van der Waals surface area (Å²) in [4.78, 5) is 8.77. The monoisotopic (exact) mass is 592 g/mol. The van der Waals surface area contributed by atoms with Crippen molar-refractivity contribution in [3.05, 3.63) is 157 Å². The first-order chi connectivity index (χ1) is 22.8. The lowest BCUT2D eigenvalue weighted by molar-refractivity contribution is 0.110. The normalized spacial score (nSPS) is 12.5. The first kappa shape index (κ1) is 26.6. The van der Waals surface area contributed by atoms with E-state index in [2.05, 4.69) is 101 Å². The molecule has 1 aliphatic rings. The number of hydrogen-bond donors (Lipinski definition) is 0. The molecule has 1 aliphatic heterocycles. The van der Waals surface area contributed by atoms with Crippen LogP contribution >= 0.6 is 0 Å². The van der Waals surface area contributed by atoms with Crippen LogP contribution in [-0.4, -0.2) is 9.97 Å². The van der Waals surface area contributed by atoms with Gasteiger partial charge >= 0.3 is 0 Å². The number of fused-ring (bicyclic) bond motifs is 6. The van der Waals surface area contributed by atoms with E-state index in [1.165, 1.54) is 27.8 Å². The smallest absolute Gasteiger partial charge is 0.136 e. The van der Waals surface area contributed by atoms with E-state index >= 15 is 0 Å². The second kappa shape index (κ2) is 11.0. The predicted octanol–water partition coefficient (Wildman–Crippen LogP) is 10.7.